The van der Waals surface area contributed by atoms with Crippen LogP contribution in [0.5, 0.6) is 0 Å². The van der Waals surface area contributed by atoms with Crippen molar-refractivity contribution in [2.45, 2.75) is 39.8 Å². The van der Waals surface area contributed by atoms with E-state index in [9.17, 15) is 0 Å². The van der Waals surface area contributed by atoms with Gasteiger partial charge in [0.1, 0.15) is 0 Å². The van der Waals surface area contributed by atoms with Crippen LogP contribution in [0.15, 0.2) is 28.7 Å². The summed E-state index contributed by atoms with van der Waals surface area (Å²) in [6, 6.07) is 9.05. The van der Waals surface area contributed by atoms with E-state index >= 15 is 0 Å². The predicted octanol–water partition coefficient (Wildman–Crippen LogP) is 2.82. The van der Waals surface area contributed by atoms with Crippen LogP contribution in [0.25, 0.3) is 0 Å². The summed E-state index contributed by atoms with van der Waals surface area (Å²) in [5.74, 6) is 1.96. The van der Waals surface area contributed by atoms with Gasteiger partial charge in [-0.1, -0.05) is 38.1 Å². The lowest BCUT2D eigenvalue weighted by atomic mass is 10.0. The molecule has 0 N–H and O–H groups in total. The van der Waals surface area contributed by atoms with Crippen LogP contribution in [0.1, 0.15) is 42.7 Å². The Morgan fingerprint density at radius 2 is 1.57 bits per heavy atom. The van der Waals surface area contributed by atoms with E-state index in [2.05, 4.69) is 58.1 Å². The van der Waals surface area contributed by atoms with Gasteiger partial charge in [-0.05, 0) is 17.0 Å². The van der Waals surface area contributed by atoms with E-state index in [1.165, 1.54) is 11.1 Å². The van der Waals surface area contributed by atoms with Crippen LogP contribution in [0, 0.1) is 6.92 Å². The molecule has 0 aliphatic carbocycles. The van der Waals surface area contributed by atoms with Gasteiger partial charge in [-0.15, -0.1) is 10.2 Å². The number of hydrogen-bond donors (Lipinski definition) is 0. The summed E-state index contributed by atoms with van der Waals surface area (Å²) in [5.41, 5.74) is 2.81. The zero-order chi connectivity index (χ0) is 16.2. The highest BCUT2D eigenvalue weighted by atomic mass is 16.4. The molecule has 0 saturated carbocycles. The first-order chi connectivity index (χ1) is 11.1. The fraction of sp³-hybridized carbons (Fsp3) is 0.556. The molecule has 0 unspecified atom stereocenters. The molecule has 23 heavy (non-hydrogen) atoms. The van der Waals surface area contributed by atoms with Crippen molar-refractivity contribution in [2.24, 2.45) is 0 Å². The number of rotatable bonds is 5. The average molecular weight is 314 g/mol. The van der Waals surface area contributed by atoms with Crippen LogP contribution in [0.4, 0.5) is 0 Å². The van der Waals surface area contributed by atoms with Crippen molar-refractivity contribution in [1.29, 1.82) is 0 Å². The number of aromatic nitrogens is 2. The Bertz CT molecular complexity index is 612. The monoisotopic (exact) mass is 314 g/mol. The Labute approximate surface area is 138 Å². The molecule has 2 aromatic rings. The van der Waals surface area contributed by atoms with Crippen molar-refractivity contribution in [1.82, 2.24) is 20.0 Å². The molecular weight excluding hydrogens is 288 g/mol. The second kappa shape index (κ2) is 7.23. The molecule has 2 heterocycles. The number of hydrogen-bond acceptors (Lipinski definition) is 5. The Morgan fingerprint density at radius 3 is 2.09 bits per heavy atom. The number of nitrogens with zero attached hydrogens (tertiary/aromatic N) is 4. The van der Waals surface area contributed by atoms with Gasteiger partial charge in [-0.2, -0.15) is 0 Å². The molecule has 1 aromatic heterocycles. The van der Waals surface area contributed by atoms with Gasteiger partial charge in [0.05, 0.1) is 6.54 Å². The van der Waals surface area contributed by atoms with E-state index in [0.29, 0.717) is 11.8 Å². The lowest BCUT2D eigenvalue weighted by Crippen LogP contribution is -2.45. The fourth-order valence-corrected chi connectivity index (χ4v) is 2.96. The summed E-state index contributed by atoms with van der Waals surface area (Å²) >= 11 is 0. The third-order valence-electron chi connectivity index (χ3n) is 4.44. The normalized spacial score (nSPS) is 17.0. The highest BCUT2D eigenvalue weighted by Gasteiger charge is 2.18. The van der Waals surface area contributed by atoms with Crippen molar-refractivity contribution in [3.8, 4) is 0 Å². The quantitative estimate of drug-likeness (QED) is 0.849. The van der Waals surface area contributed by atoms with Gasteiger partial charge in [-0.25, -0.2) is 0 Å². The fourth-order valence-electron chi connectivity index (χ4n) is 2.96. The van der Waals surface area contributed by atoms with Crippen LogP contribution >= 0.6 is 0 Å². The van der Waals surface area contributed by atoms with E-state index in [0.717, 1.165) is 45.2 Å². The highest BCUT2D eigenvalue weighted by molar-refractivity contribution is 5.24. The minimum Gasteiger partial charge on any atom is -0.424 e. The smallest absolute Gasteiger partial charge is 0.230 e. The highest BCUT2D eigenvalue weighted by Crippen LogP contribution is 2.16. The minimum atomic E-state index is 0.598. The van der Waals surface area contributed by atoms with Gasteiger partial charge in [0.15, 0.2) is 0 Å². The molecule has 0 atom stereocenters. The molecule has 0 bridgehead atoms. The molecule has 124 valence electrons. The summed E-state index contributed by atoms with van der Waals surface area (Å²) in [6.07, 6.45) is 0. The first-order valence-electron chi connectivity index (χ1n) is 8.42. The van der Waals surface area contributed by atoms with Gasteiger partial charge in [0.25, 0.3) is 0 Å². The number of aryl methyl sites for hydroxylation is 1. The van der Waals surface area contributed by atoms with E-state index < -0.39 is 0 Å². The van der Waals surface area contributed by atoms with Gasteiger partial charge in [0.2, 0.25) is 11.8 Å². The maximum Gasteiger partial charge on any atom is 0.230 e. The molecule has 1 fully saturated rings. The number of benzene rings is 1. The third-order valence-corrected chi connectivity index (χ3v) is 4.44. The maximum absolute atomic E-state index is 5.46. The molecule has 1 aliphatic heterocycles. The predicted molar refractivity (Wildman–Crippen MR) is 90.1 cm³/mol. The van der Waals surface area contributed by atoms with Crippen LogP contribution in [0.2, 0.25) is 0 Å². The Morgan fingerprint density at radius 1 is 0.957 bits per heavy atom. The maximum atomic E-state index is 5.46. The summed E-state index contributed by atoms with van der Waals surface area (Å²) in [7, 11) is 0. The first kappa shape index (κ1) is 16.1. The zero-order valence-electron chi connectivity index (χ0n) is 14.3. The van der Waals surface area contributed by atoms with Crippen molar-refractivity contribution >= 4 is 0 Å². The minimum absolute atomic E-state index is 0.598. The second-order valence-electron chi connectivity index (χ2n) is 6.66. The van der Waals surface area contributed by atoms with Crippen molar-refractivity contribution < 1.29 is 4.42 Å². The van der Waals surface area contributed by atoms with Crippen LogP contribution in [-0.2, 0) is 13.1 Å². The first-order valence-corrected chi connectivity index (χ1v) is 8.42. The lowest BCUT2D eigenvalue weighted by molar-refractivity contribution is 0.114. The van der Waals surface area contributed by atoms with E-state index in [4.69, 9.17) is 4.42 Å². The molecule has 0 amide bonds. The lowest BCUT2D eigenvalue weighted by Gasteiger charge is -2.34. The summed E-state index contributed by atoms with van der Waals surface area (Å²) in [4.78, 5) is 4.89. The SMILES string of the molecule is Cc1nnc(CN2CCN(Cc3ccc(C(C)C)cc3)CC2)o1. The Kier molecular flexibility index (Phi) is 5.08. The van der Waals surface area contributed by atoms with E-state index in [-0.39, 0.29) is 0 Å². The molecule has 1 aliphatic rings. The molecule has 0 spiro atoms. The van der Waals surface area contributed by atoms with Gasteiger partial charge in [-0.3, -0.25) is 9.80 Å². The molecule has 5 heteroatoms. The van der Waals surface area contributed by atoms with Crippen molar-refractivity contribution in [3.05, 3.63) is 47.2 Å². The summed E-state index contributed by atoms with van der Waals surface area (Å²) < 4.78 is 5.46. The second-order valence-corrected chi connectivity index (χ2v) is 6.66. The summed E-state index contributed by atoms with van der Waals surface area (Å²) in [6.45, 7) is 12.4. The molecule has 1 aromatic carbocycles. The van der Waals surface area contributed by atoms with E-state index in [1.54, 1.807) is 0 Å². The van der Waals surface area contributed by atoms with Crippen LogP contribution in [-0.4, -0.2) is 46.2 Å². The molecule has 5 nitrogen and oxygen atoms in total. The molecule has 3 rings (SSSR count). The van der Waals surface area contributed by atoms with Gasteiger partial charge in [0, 0.05) is 39.6 Å². The number of piperazine rings is 1. The topological polar surface area (TPSA) is 45.4 Å². The summed E-state index contributed by atoms with van der Waals surface area (Å²) in [5, 5.41) is 7.97. The van der Waals surface area contributed by atoms with Gasteiger partial charge < -0.3 is 4.42 Å². The molecular formula is C18H26N4O. The largest absolute Gasteiger partial charge is 0.424 e. The Hall–Kier alpha value is -1.72. The Balaban J connectivity index is 1.47. The van der Waals surface area contributed by atoms with E-state index in [1.807, 2.05) is 6.92 Å². The van der Waals surface area contributed by atoms with Crippen LogP contribution < -0.4 is 0 Å². The van der Waals surface area contributed by atoms with Crippen molar-refractivity contribution in [3.63, 3.8) is 0 Å². The zero-order valence-corrected chi connectivity index (χ0v) is 14.3. The standard InChI is InChI=1S/C18H26N4O/c1-14(2)17-6-4-16(5-7-17)12-21-8-10-22(11-9-21)13-18-20-19-15(3)23-18/h4-7,14H,8-13H2,1-3H3. The van der Waals surface area contributed by atoms with Crippen molar-refractivity contribution in [2.75, 3.05) is 26.2 Å². The van der Waals surface area contributed by atoms with Gasteiger partial charge >= 0.3 is 0 Å². The molecule has 0 radical (unpaired) electrons. The third kappa shape index (κ3) is 4.39. The average Bonchev–Trinajstić information content (AvgIpc) is 2.95. The molecule has 1 saturated heterocycles. The van der Waals surface area contributed by atoms with Crippen LogP contribution in [0.3, 0.4) is 0 Å².